The lowest BCUT2D eigenvalue weighted by molar-refractivity contribution is 0.0533. The monoisotopic (exact) mass is 279 g/mol. The number of ether oxygens (including phenoxy) is 1. The summed E-state index contributed by atoms with van der Waals surface area (Å²) < 4.78 is 18.2. The Hall–Kier alpha value is -0.350. The maximum Gasteiger partial charge on any atom is 0.124 e. The lowest BCUT2D eigenvalue weighted by Gasteiger charge is -2.33. The van der Waals surface area contributed by atoms with Crippen LogP contribution in [0.4, 0.5) is 4.39 Å². The Bertz CT molecular complexity index is 381. The molecule has 0 amide bonds. The van der Waals surface area contributed by atoms with Crippen molar-refractivity contribution in [3.63, 3.8) is 0 Å². The molecule has 0 atom stereocenters. The fourth-order valence-corrected chi connectivity index (χ4v) is 2.23. The van der Waals surface area contributed by atoms with E-state index in [0.717, 1.165) is 18.4 Å². The maximum absolute atomic E-state index is 12.9. The van der Waals surface area contributed by atoms with Gasteiger partial charge in [-0.15, -0.1) is 12.4 Å². The molecule has 2 N–H and O–H groups in total. The summed E-state index contributed by atoms with van der Waals surface area (Å²) in [7, 11) is 0. The minimum absolute atomic E-state index is 0. The molecule has 1 aliphatic rings. The molecule has 1 aromatic carbocycles. The van der Waals surface area contributed by atoms with E-state index < -0.39 is 0 Å². The third-order valence-corrected chi connectivity index (χ3v) is 3.40. The molecule has 0 saturated carbocycles. The van der Waals surface area contributed by atoms with Gasteiger partial charge < -0.3 is 10.5 Å². The maximum atomic E-state index is 12.9. The standard InChI is InChI=1S/C12H15ClFNO.ClH/c13-11-7-10(14)2-1-9(11)8-12(15)3-5-16-6-4-12;/h1-2,7H,3-6,8,15H2;1H. The quantitative estimate of drug-likeness (QED) is 0.904. The van der Waals surface area contributed by atoms with Crippen molar-refractivity contribution in [1.29, 1.82) is 0 Å². The molecule has 2 rings (SSSR count). The molecule has 1 fully saturated rings. The molecule has 2 nitrogen and oxygen atoms in total. The predicted molar refractivity (Wildman–Crippen MR) is 69.3 cm³/mol. The van der Waals surface area contributed by atoms with Gasteiger partial charge in [-0.25, -0.2) is 4.39 Å². The average molecular weight is 280 g/mol. The van der Waals surface area contributed by atoms with Crippen molar-refractivity contribution in [3.05, 3.63) is 34.6 Å². The first-order chi connectivity index (χ1) is 7.59. The van der Waals surface area contributed by atoms with Crippen molar-refractivity contribution < 1.29 is 9.13 Å². The van der Waals surface area contributed by atoms with Crippen LogP contribution in [0.25, 0.3) is 0 Å². The SMILES string of the molecule is Cl.NC1(Cc2ccc(F)cc2Cl)CCOCC1. The van der Waals surface area contributed by atoms with Crippen LogP contribution in [0.3, 0.4) is 0 Å². The van der Waals surface area contributed by atoms with Crippen LogP contribution in [0.15, 0.2) is 18.2 Å². The Morgan fingerprint density at radius 3 is 2.59 bits per heavy atom. The van der Waals surface area contributed by atoms with Crippen LogP contribution in [-0.4, -0.2) is 18.8 Å². The van der Waals surface area contributed by atoms with E-state index >= 15 is 0 Å². The first-order valence-electron chi connectivity index (χ1n) is 5.40. The zero-order valence-corrected chi connectivity index (χ0v) is 11.0. The fourth-order valence-electron chi connectivity index (χ4n) is 2.00. The van der Waals surface area contributed by atoms with Gasteiger partial charge in [-0.3, -0.25) is 0 Å². The number of benzene rings is 1. The Morgan fingerprint density at radius 1 is 1.35 bits per heavy atom. The second-order valence-electron chi connectivity index (χ2n) is 4.39. The predicted octanol–water partition coefficient (Wildman–Crippen LogP) is 2.95. The van der Waals surface area contributed by atoms with E-state index in [2.05, 4.69) is 0 Å². The summed E-state index contributed by atoms with van der Waals surface area (Å²) >= 11 is 5.98. The highest BCUT2D eigenvalue weighted by molar-refractivity contribution is 6.31. The van der Waals surface area contributed by atoms with Crippen molar-refractivity contribution in [3.8, 4) is 0 Å². The van der Waals surface area contributed by atoms with Crippen molar-refractivity contribution >= 4 is 24.0 Å². The van der Waals surface area contributed by atoms with Crippen LogP contribution in [0.2, 0.25) is 5.02 Å². The van der Waals surface area contributed by atoms with E-state index in [1.807, 2.05) is 0 Å². The van der Waals surface area contributed by atoms with Gasteiger partial charge in [0.2, 0.25) is 0 Å². The number of hydrogen-bond acceptors (Lipinski definition) is 2. The molecular formula is C12H16Cl2FNO. The Balaban J connectivity index is 0.00000144. The number of rotatable bonds is 2. The van der Waals surface area contributed by atoms with Gasteiger partial charge in [-0.1, -0.05) is 17.7 Å². The molecule has 17 heavy (non-hydrogen) atoms. The van der Waals surface area contributed by atoms with Crippen molar-refractivity contribution in [2.75, 3.05) is 13.2 Å². The molecule has 0 aromatic heterocycles. The Labute approximate surface area is 112 Å². The van der Waals surface area contributed by atoms with Crippen LogP contribution in [0, 0.1) is 5.82 Å². The van der Waals surface area contributed by atoms with Crippen LogP contribution in [-0.2, 0) is 11.2 Å². The normalized spacial score (nSPS) is 18.5. The molecule has 1 aromatic rings. The lowest BCUT2D eigenvalue weighted by atomic mass is 9.85. The molecule has 0 radical (unpaired) electrons. The van der Waals surface area contributed by atoms with E-state index in [1.54, 1.807) is 6.07 Å². The van der Waals surface area contributed by atoms with Gasteiger partial charge in [0.15, 0.2) is 0 Å². The van der Waals surface area contributed by atoms with Gasteiger partial charge >= 0.3 is 0 Å². The third-order valence-electron chi connectivity index (χ3n) is 3.05. The molecule has 0 spiro atoms. The number of halogens is 3. The minimum Gasteiger partial charge on any atom is -0.381 e. The van der Waals surface area contributed by atoms with E-state index in [0.29, 0.717) is 24.7 Å². The largest absolute Gasteiger partial charge is 0.381 e. The minimum atomic E-state index is -0.313. The smallest absolute Gasteiger partial charge is 0.124 e. The molecular weight excluding hydrogens is 264 g/mol. The zero-order chi connectivity index (χ0) is 11.6. The summed E-state index contributed by atoms with van der Waals surface area (Å²) in [6.45, 7) is 1.38. The molecule has 1 heterocycles. The summed E-state index contributed by atoms with van der Waals surface area (Å²) in [5, 5.41) is 0.455. The summed E-state index contributed by atoms with van der Waals surface area (Å²) in [6.07, 6.45) is 2.32. The third kappa shape index (κ3) is 3.81. The van der Waals surface area contributed by atoms with Gasteiger partial charge in [0.25, 0.3) is 0 Å². The van der Waals surface area contributed by atoms with Crippen LogP contribution < -0.4 is 5.73 Å². The van der Waals surface area contributed by atoms with Crippen LogP contribution >= 0.6 is 24.0 Å². The summed E-state index contributed by atoms with van der Waals surface area (Å²) in [5.74, 6) is -0.313. The number of hydrogen-bond donors (Lipinski definition) is 1. The van der Waals surface area contributed by atoms with E-state index in [1.165, 1.54) is 12.1 Å². The topological polar surface area (TPSA) is 35.2 Å². The Morgan fingerprint density at radius 2 is 2.00 bits per heavy atom. The molecule has 96 valence electrons. The zero-order valence-electron chi connectivity index (χ0n) is 9.42. The number of nitrogens with two attached hydrogens (primary N) is 1. The van der Waals surface area contributed by atoms with Crippen molar-refractivity contribution in [2.24, 2.45) is 5.73 Å². The lowest BCUT2D eigenvalue weighted by Crippen LogP contribution is -2.46. The average Bonchev–Trinajstić information content (AvgIpc) is 2.23. The molecule has 5 heteroatoms. The molecule has 0 aliphatic carbocycles. The van der Waals surface area contributed by atoms with E-state index in [-0.39, 0.29) is 23.8 Å². The summed E-state index contributed by atoms with van der Waals surface area (Å²) in [6, 6.07) is 4.46. The highest BCUT2D eigenvalue weighted by atomic mass is 35.5. The second-order valence-corrected chi connectivity index (χ2v) is 4.79. The van der Waals surface area contributed by atoms with Gasteiger partial charge in [-0.2, -0.15) is 0 Å². The highest BCUT2D eigenvalue weighted by Crippen LogP contribution is 2.26. The van der Waals surface area contributed by atoms with Crippen LogP contribution in [0.1, 0.15) is 18.4 Å². The summed E-state index contributed by atoms with van der Waals surface area (Å²) in [5.41, 5.74) is 6.91. The molecule has 1 aliphatic heterocycles. The van der Waals surface area contributed by atoms with Gasteiger partial charge in [0, 0.05) is 23.8 Å². The van der Waals surface area contributed by atoms with Gasteiger partial charge in [-0.05, 0) is 37.0 Å². The van der Waals surface area contributed by atoms with Crippen molar-refractivity contribution in [2.45, 2.75) is 24.8 Å². The first kappa shape index (κ1) is 14.7. The van der Waals surface area contributed by atoms with Crippen LogP contribution in [0.5, 0.6) is 0 Å². The Kier molecular flexibility index (Phi) is 5.20. The first-order valence-corrected chi connectivity index (χ1v) is 5.77. The molecule has 1 saturated heterocycles. The van der Waals surface area contributed by atoms with Gasteiger partial charge in [0.05, 0.1) is 0 Å². The highest BCUT2D eigenvalue weighted by Gasteiger charge is 2.28. The fraction of sp³-hybridized carbons (Fsp3) is 0.500. The van der Waals surface area contributed by atoms with Crippen molar-refractivity contribution in [1.82, 2.24) is 0 Å². The summed E-state index contributed by atoms with van der Waals surface area (Å²) in [4.78, 5) is 0. The molecule has 0 bridgehead atoms. The van der Waals surface area contributed by atoms with E-state index in [9.17, 15) is 4.39 Å². The van der Waals surface area contributed by atoms with E-state index in [4.69, 9.17) is 22.1 Å². The second kappa shape index (κ2) is 6.01. The van der Waals surface area contributed by atoms with Gasteiger partial charge in [0.1, 0.15) is 5.82 Å². The molecule has 0 unspecified atom stereocenters.